The van der Waals surface area contributed by atoms with Gasteiger partial charge in [0.15, 0.2) is 0 Å². The maximum atomic E-state index is 10.6. The number of hydrogen-bond donors (Lipinski definition) is 5. The van der Waals surface area contributed by atoms with E-state index in [1.807, 2.05) is 39.0 Å². The van der Waals surface area contributed by atoms with Crippen LogP contribution in [0, 0.1) is 11.8 Å². The van der Waals surface area contributed by atoms with Gasteiger partial charge >= 0.3 is 0 Å². The summed E-state index contributed by atoms with van der Waals surface area (Å²) in [5, 5.41) is 49.4. The maximum absolute atomic E-state index is 10.6. The predicted octanol–water partition coefficient (Wildman–Crippen LogP) is 12.5. The third-order valence-electron chi connectivity index (χ3n) is 10.3. The summed E-state index contributed by atoms with van der Waals surface area (Å²) in [5.74, 6) is 1.54. The second-order valence-electron chi connectivity index (χ2n) is 15.5. The third-order valence-corrected chi connectivity index (χ3v) is 10.3. The number of phenolic OH excluding ortho intramolecular Hbond substituents is 4. The van der Waals surface area contributed by atoms with Crippen LogP contribution in [0.1, 0.15) is 154 Å². The first-order chi connectivity index (χ1) is 24.2. The number of hydrogen-bond acceptors (Lipinski definition) is 5. The van der Waals surface area contributed by atoms with Gasteiger partial charge in [-0.2, -0.15) is 0 Å². The monoisotopic (exact) mass is 703 g/mol. The molecule has 0 bridgehead atoms. The Bertz CT molecular complexity index is 1390. The number of rotatable bonds is 15. The average molecular weight is 703 g/mol. The zero-order valence-corrected chi connectivity index (χ0v) is 32.8. The van der Waals surface area contributed by atoms with Crippen LogP contribution in [0.25, 0.3) is 0 Å². The topological polar surface area (TPSA) is 101 Å². The molecule has 0 unspecified atom stereocenters. The lowest BCUT2D eigenvalue weighted by Gasteiger charge is -2.31. The number of aryl methyl sites for hydroxylation is 2. The summed E-state index contributed by atoms with van der Waals surface area (Å²) < 4.78 is 0. The molecule has 2 aromatic rings. The standard InChI is InChI=1S/C23H34O2.C13H20O2.C10H16O/c1-5-6-7-8-9-10-18-14-21(24)23(22(25)15-18)20-13-17(4)11-12-19(20)16(2)3;1-2-3-4-5-6-7-11-8-12(14)10-13(15)9-11;1-8(2)9-4-6-10(3,11)7-5-9/h13-15,19-20,24-25H,2,5-12H2,1,3-4H3;8-10,14-15H,2-7H2,1H3;4,6,9,11H,1,5,7H2,2-3H3/t19-,20+;;9-,10+/m0.0/s1. The maximum Gasteiger partial charge on any atom is 0.123 e. The molecule has 2 aromatic carbocycles. The number of aliphatic hydroxyl groups is 1. The highest BCUT2D eigenvalue weighted by Crippen LogP contribution is 2.46. The highest BCUT2D eigenvalue weighted by molar-refractivity contribution is 5.52. The molecule has 5 N–H and O–H groups in total. The van der Waals surface area contributed by atoms with Gasteiger partial charge < -0.3 is 25.5 Å². The molecule has 0 heterocycles. The van der Waals surface area contributed by atoms with Crippen LogP contribution in [0.4, 0.5) is 0 Å². The second kappa shape index (κ2) is 22.5. The summed E-state index contributed by atoms with van der Waals surface area (Å²) in [5.41, 5.74) is 5.77. The van der Waals surface area contributed by atoms with Crippen molar-refractivity contribution in [1.82, 2.24) is 0 Å². The highest BCUT2D eigenvalue weighted by Gasteiger charge is 2.30. The van der Waals surface area contributed by atoms with Gasteiger partial charge in [0.2, 0.25) is 0 Å². The number of phenols is 4. The van der Waals surface area contributed by atoms with Crippen molar-refractivity contribution in [2.75, 3.05) is 0 Å². The molecule has 0 saturated heterocycles. The first-order valence-corrected chi connectivity index (χ1v) is 19.6. The van der Waals surface area contributed by atoms with Crippen LogP contribution in [0.3, 0.4) is 0 Å². The van der Waals surface area contributed by atoms with E-state index in [4.69, 9.17) is 0 Å². The Morgan fingerprint density at radius 3 is 1.69 bits per heavy atom. The van der Waals surface area contributed by atoms with Gasteiger partial charge in [-0.05, 0) is 126 Å². The molecule has 2 aliphatic carbocycles. The molecule has 4 rings (SSSR count). The van der Waals surface area contributed by atoms with Gasteiger partial charge in [0.25, 0.3) is 0 Å². The Labute approximate surface area is 310 Å². The number of unbranched alkanes of at least 4 members (excludes halogenated alkanes) is 8. The van der Waals surface area contributed by atoms with E-state index < -0.39 is 5.60 Å². The van der Waals surface area contributed by atoms with E-state index in [9.17, 15) is 25.5 Å². The Balaban J connectivity index is 0.000000293. The molecule has 0 saturated carbocycles. The molecule has 0 aromatic heterocycles. The van der Waals surface area contributed by atoms with Crippen LogP contribution in [0.5, 0.6) is 23.0 Å². The minimum atomic E-state index is -0.577. The normalized spacial score (nSPS) is 21.1. The molecule has 5 nitrogen and oxygen atoms in total. The number of aromatic hydroxyl groups is 4. The molecule has 2 aliphatic rings. The number of benzene rings is 2. The van der Waals surface area contributed by atoms with E-state index in [2.05, 4.69) is 46.1 Å². The van der Waals surface area contributed by atoms with Gasteiger partial charge in [-0.1, -0.05) is 113 Å². The van der Waals surface area contributed by atoms with Crippen molar-refractivity contribution in [3.8, 4) is 23.0 Å². The first kappa shape index (κ1) is 43.7. The van der Waals surface area contributed by atoms with Crippen LogP contribution in [0.2, 0.25) is 0 Å². The van der Waals surface area contributed by atoms with Crippen molar-refractivity contribution in [3.63, 3.8) is 0 Å². The van der Waals surface area contributed by atoms with Crippen molar-refractivity contribution in [3.05, 3.63) is 95.1 Å². The fourth-order valence-electron chi connectivity index (χ4n) is 7.10. The Kier molecular flexibility index (Phi) is 19.3. The van der Waals surface area contributed by atoms with Gasteiger partial charge in [-0.3, -0.25) is 0 Å². The molecular formula is C46H70O5. The summed E-state index contributed by atoms with van der Waals surface area (Å²) in [6, 6.07) is 8.50. The van der Waals surface area contributed by atoms with Gasteiger partial charge in [0.1, 0.15) is 23.0 Å². The van der Waals surface area contributed by atoms with Gasteiger partial charge in [0.05, 0.1) is 5.60 Å². The van der Waals surface area contributed by atoms with Gasteiger partial charge in [-0.15, -0.1) is 0 Å². The van der Waals surface area contributed by atoms with Crippen molar-refractivity contribution >= 4 is 0 Å². The van der Waals surface area contributed by atoms with E-state index >= 15 is 0 Å². The summed E-state index contributed by atoms with van der Waals surface area (Å²) in [4.78, 5) is 0. The molecule has 4 atom stereocenters. The van der Waals surface area contributed by atoms with E-state index in [1.54, 1.807) is 12.1 Å². The highest BCUT2D eigenvalue weighted by atomic mass is 16.3. The van der Waals surface area contributed by atoms with Gasteiger partial charge in [0, 0.05) is 17.5 Å². The summed E-state index contributed by atoms with van der Waals surface area (Å²) in [6.45, 7) is 20.5. The van der Waals surface area contributed by atoms with E-state index in [-0.39, 0.29) is 34.8 Å². The zero-order valence-electron chi connectivity index (χ0n) is 32.8. The van der Waals surface area contributed by atoms with Crippen molar-refractivity contribution < 1.29 is 25.5 Å². The fourth-order valence-corrected chi connectivity index (χ4v) is 7.10. The molecule has 0 spiro atoms. The van der Waals surface area contributed by atoms with Crippen molar-refractivity contribution in [1.29, 1.82) is 0 Å². The fraction of sp³-hybridized carbons (Fsp3) is 0.565. The van der Waals surface area contributed by atoms with E-state index in [0.717, 1.165) is 68.1 Å². The lowest BCUT2D eigenvalue weighted by Crippen LogP contribution is -2.25. The van der Waals surface area contributed by atoms with Crippen molar-refractivity contribution in [2.24, 2.45) is 11.8 Å². The third kappa shape index (κ3) is 16.2. The quantitative estimate of drug-likeness (QED) is 0.0939. The molecule has 51 heavy (non-hydrogen) atoms. The summed E-state index contributed by atoms with van der Waals surface area (Å²) in [6.07, 6.45) is 24.2. The number of allylic oxidation sites excluding steroid dienone is 5. The second-order valence-corrected chi connectivity index (χ2v) is 15.5. The SMILES string of the molecule is C=C(C)[C@@H]1CCC(C)=C[C@H]1c1c(O)cc(CCCCCCC)cc1O.C=C(C)[C@H]1C=C[C@@](C)(O)CC1.CCCCCCCc1cc(O)cc(O)c1. The lowest BCUT2D eigenvalue weighted by molar-refractivity contribution is 0.0903. The minimum absolute atomic E-state index is 0.0184. The van der Waals surface area contributed by atoms with Crippen LogP contribution < -0.4 is 0 Å². The molecule has 5 heteroatoms. The van der Waals surface area contributed by atoms with Gasteiger partial charge in [-0.25, -0.2) is 0 Å². The zero-order chi connectivity index (χ0) is 38.0. The first-order valence-electron chi connectivity index (χ1n) is 19.6. The van der Waals surface area contributed by atoms with Crippen LogP contribution in [0.15, 0.2) is 78.4 Å². The Morgan fingerprint density at radius 2 is 1.24 bits per heavy atom. The predicted molar refractivity (Wildman–Crippen MR) is 216 cm³/mol. The van der Waals surface area contributed by atoms with E-state index in [0.29, 0.717) is 11.5 Å². The molecule has 0 aliphatic heterocycles. The summed E-state index contributed by atoms with van der Waals surface area (Å²) >= 11 is 0. The average Bonchev–Trinajstić information content (AvgIpc) is 3.04. The minimum Gasteiger partial charge on any atom is -0.508 e. The summed E-state index contributed by atoms with van der Waals surface area (Å²) in [7, 11) is 0. The Morgan fingerprint density at radius 1 is 0.725 bits per heavy atom. The smallest absolute Gasteiger partial charge is 0.123 e. The molecular weight excluding hydrogens is 633 g/mol. The largest absolute Gasteiger partial charge is 0.508 e. The van der Waals surface area contributed by atoms with Crippen LogP contribution in [-0.2, 0) is 12.8 Å². The van der Waals surface area contributed by atoms with E-state index in [1.165, 1.54) is 68.6 Å². The Hall–Kier alpha value is -3.44. The van der Waals surface area contributed by atoms with Crippen molar-refractivity contribution in [2.45, 2.75) is 156 Å². The van der Waals surface area contributed by atoms with Crippen LogP contribution >= 0.6 is 0 Å². The van der Waals surface area contributed by atoms with Crippen LogP contribution in [-0.4, -0.2) is 31.1 Å². The molecule has 0 amide bonds. The molecule has 0 fully saturated rings. The molecule has 284 valence electrons. The lowest BCUT2D eigenvalue weighted by atomic mass is 9.73. The molecule has 0 radical (unpaired) electrons.